The first-order chi connectivity index (χ1) is 13.4. The maximum Gasteiger partial charge on any atom is 0.223 e. The average Bonchev–Trinajstić information content (AvgIpc) is 3.04. The van der Waals surface area contributed by atoms with Gasteiger partial charge >= 0.3 is 0 Å². The zero-order valence-corrected chi connectivity index (χ0v) is 18.0. The van der Waals surface area contributed by atoms with Crippen LogP contribution in [0.25, 0.3) is 22.4 Å². The lowest BCUT2D eigenvalue weighted by molar-refractivity contribution is 0.163. The van der Waals surface area contributed by atoms with Crippen LogP contribution in [0.3, 0.4) is 0 Å². The summed E-state index contributed by atoms with van der Waals surface area (Å²) in [4.78, 5) is 14.2. The minimum atomic E-state index is 0.130. The summed E-state index contributed by atoms with van der Waals surface area (Å²) in [6, 6.07) is 4.07. The van der Waals surface area contributed by atoms with Crippen LogP contribution >= 0.6 is 11.6 Å². The molecule has 0 fully saturated rings. The Morgan fingerprint density at radius 3 is 2.46 bits per heavy atom. The van der Waals surface area contributed by atoms with E-state index in [0.29, 0.717) is 29.3 Å². The van der Waals surface area contributed by atoms with E-state index in [0.717, 1.165) is 34.4 Å². The number of methoxy groups -OCH3 is 2. The molecule has 0 saturated carbocycles. The molecule has 3 aromatic heterocycles. The molecule has 0 aliphatic heterocycles. The number of fused-ring (bicyclic) bond motifs is 1. The molecule has 0 spiro atoms. The molecule has 0 amide bonds. The Kier molecular flexibility index (Phi) is 6.20. The van der Waals surface area contributed by atoms with Crippen molar-refractivity contribution in [2.75, 3.05) is 20.8 Å². The predicted molar refractivity (Wildman–Crippen MR) is 112 cm³/mol. The van der Waals surface area contributed by atoms with E-state index >= 15 is 0 Å². The average molecular weight is 403 g/mol. The monoisotopic (exact) mass is 402 g/mol. The predicted octanol–water partition coefficient (Wildman–Crippen LogP) is 5.05. The van der Waals surface area contributed by atoms with E-state index in [-0.39, 0.29) is 6.04 Å². The van der Waals surface area contributed by atoms with Gasteiger partial charge in [-0.05, 0) is 37.0 Å². The Hall–Kier alpha value is -2.18. The number of ether oxygens (including phenoxy) is 2. The molecule has 0 saturated heterocycles. The highest BCUT2D eigenvalue weighted by molar-refractivity contribution is 6.32. The van der Waals surface area contributed by atoms with Crippen LogP contribution in [0.15, 0.2) is 18.3 Å². The molecular formula is C21H27ClN4O2. The maximum absolute atomic E-state index is 6.57. The molecule has 3 rings (SSSR count). The highest BCUT2D eigenvalue weighted by Gasteiger charge is 2.21. The van der Waals surface area contributed by atoms with Crippen molar-refractivity contribution < 1.29 is 9.47 Å². The number of hydrogen-bond donors (Lipinski definition) is 0. The Morgan fingerprint density at radius 2 is 1.86 bits per heavy atom. The number of aromatic nitrogens is 4. The minimum Gasteiger partial charge on any atom is -0.480 e. The van der Waals surface area contributed by atoms with Crippen molar-refractivity contribution in [3.63, 3.8) is 0 Å². The SMILES string of the molecule is CCc1cn([C@@H](C)COC)c2nc(Cl)c(-c3ccc(C(C)C)nc3OC)nc12. The number of hydrogen-bond acceptors (Lipinski definition) is 5. The molecule has 0 aliphatic carbocycles. The first-order valence-electron chi connectivity index (χ1n) is 9.52. The first-order valence-corrected chi connectivity index (χ1v) is 9.90. The van der Waals surface area contributed by atoms with Gasteiger partial charge in [-0.3, -0.25) is 0 Å². The van der Waals surface area contributed by atoms with E-state index in [9.17, 15) is 0 Å². The van der Waals surface area contributed by atoms with Gasteiger partial charge in [0.05, 0.1) is 25.3 Å². The molecule has 7 heteroatoms. The second-order valence-corrected chi connectivity index (χ2v) is 7.56. The zero-order valence-electron chi connectivity index (χ0n) is 17.3. The molecule has 0 aromatic carbocycles. The lowest BCUT2D eigenvalue weighted by Crippen LogP contribution is -2.10. The van der Waals surface area contributed by atoms with Gasteiger partial charge in [0, 0.05) is 19.0 Å². The van der Waals surface area contributed by atoms with E-state index in [2.05, 4.69) is 48.4 Å². The molecule has 0 radical (unpaired) electrons. The molecule has 1 atom stereocenters. The van der Waals surface area contributed by atoms with Gasteiger partial charge < -0.3 is 14.0 Å². The lowest BCUT2D eigenvalue weighted by atomic mass is 10.1. The van der Waals surface area contributed by atoms with Gasteiger partial charge in [-0.1, -0.05) is 32.4 Å². The Morgan fingerprint density at radius 1 is 1.11 bits per heavy atom. The summed E-state index contributed by atoms with van der Waals surface area (Å²) >= 11 is 6.57. The standard InChI is InChI=1S/C21H27ClN4O2/c1-7-14-10-26(13(4)11-27-5)20-17(14)24-18(19(22)25-20)15-8-9-16(12(2)3)23-21(15)28-6/h8-10,12-13H,7,11H2,1-6H3/t13-/m0/s1. The van der Waals surface area contributed by atoms with Crippen molar-refractivity contribution in [3.05, 3.63) is 34.7 Å². The van der Waals surface area contributed by atoms with Crippen LogP contribution < -0.4 is 4.74 Å². The maximum atomic E-state index is 6.57. The smallest absolute Gasteiger partial charge is 0.223 e. The van der Waals surface area contributed by atoms with E-state index in [1.54, 1.807) is 14.2 Å². The summed E-state index contributed by atoms with van der Waals surface area (Å²) < 4.78 is 12.9. The van der Waals surface area contributed by atoms with Crippen molar-refractivity contribution in [2.45, 2.75) is 46.1 Å². The Balaban J connectivity index is 2.20. The van der Waals surface area contributed by atoms with Gasteiger partial charge in [0.25, 0.3) is 0 Å². The highest BCUT2D eigenvalue weighted by Crippen LogP contribution is 2.35. The number of nitrogens with zero attached hydrogens (tertiary/aromatic N) is 4. The second kappa shape index (κ2) is 8.45. The molecule has 0 N–H and O–H groups in total. The van der Waals surface area contributed by atoms with Crippen molar-refractivity contribution >= 4 is 22.8 Å². The van der Waals surface area contributed by atoms with Crippen LogP contribution in [0.5, 0.6) is 5.88 Å². The van der Waals surface area contributed by atoms with Crippen LogP contribution in [-0.2, 0) is 11.2 Å². The van der Waals surface area contributed by atoms with E-state index in [4.69, 9.17) is 26.1 Å². The van der Waals surface area contributed by atoms with Gasteiger partial charge in [-0.2, -0.15) is 0 Å². The fourth-order valence-corrected chi connectivity index (χ4v) is 3.52. The van der Waals surface area contributed by atoms with E-state index in [1.807, 2.05) is 12.1 Å². The second-order valence-electron chi connectivity index (χ2n) is 7.20. The van der Waals surface area contributed by atoms with Gasteiger partial charge in [0.2, 0.25) is 5.88 Å². The molecule has 0 bridgehead atoms. The van der Waals surface area contributed by atoms with Crippen LogP contribution in [0, 0.1) is 0 Å². The minimum absolute atomic E-state index is 0.130. The van der Waals surface area contributed by atoms with Crippen LogP contribution in [0.4, 0.5) is 0 Å². The van der Waals surface area contributed by atoms with Crippen LogP contribution in [-0.4, -0.2) is 40.3 Å². The van der Waals surface area contributed by atoms with Gasteiger partial charge in [-0.25, -0.2) is 15.0 Å². The molecule has 150 valence electrons. The fraction of sp³-hybridized carbons (Fsp3) is 0.476. The highest BCUT2D eigenvalue weighted by atomic mass is 35.5. The molecule has 0 aliphatic rings. The van der Waals surface area contributed by atoms with Gasteiger partial charge in [0.1, 0.15) is 11.2 Å². The molecule has 3 heterocycles. The lowest BCUT2D eigenvalue weighted by Gasteiger charge is -2.14. The normalized spacial score (nSPS) is 12.7. The van der Waals surface area contributed by atoms with Crippen LogP contribution in [0.1, 0.15) is 50.9 Å². The molecule has 6 nitrogen and oxygen atoms in total. The third kappa shape index (κ3) is 3.71. The summed E-state index contributed by atoms with van der Waals surface area (Å²) in [6.45, 7) is 8.97. The molecular weight excluding hydrogens is 376 g/mol. The van der Waals surface area contributed by atoms with E-state index < -0.39 is 0 Å². The molecule has 0 unspecified atom stereocenters. The summed E-state index contributed by atoms with van der Waals surface area (Å²) in [6.07, 6.45) is 2.94. The third-order valence-corrected chi connectivity index (χ3v) is 5.13. The number of pyridine rings is 1. The summed E-state index contributed by atoms with van der Waals surface area (Å²) in [7, 11) is 3.30. The Bertz CT molecular complexity index is 984. The molecule has 28 heavy (non-hydrogen) atoms. The van der Waals surface area contributed by atoms with Crippen molar-refractivity contribution in [3.8, 4) is 17.1 Å². The van der Waals surface area contributed by atoms with Gasteiger partial charge in [-0.15, -0.1) is 0 Å². The van der Waals surface area contributed by atoms with E-state index in [1.165, 1.54) is 0 Å². The van der Waals surface area contributed by atoms with Crippen molar-refractivity contribution in [2.24, 2.45) is 0 Å². The Labute approximate surface area is 170 Å². The summed E-state index contributed by atoms with van der Waals surface area (Å²) in [5, 5.41) is 0.330. The van der Waals surface area contributed by atoms with Gasteiger partial charge in [0.15, 0.2) is 10.8 Å². The quantitative estimate of drug-likeness (QED) is 0.553. The third-order valence-electron chi connectivity index (χ3n) is 4.86. The van der Waals surface area contributed by atoms with Crippen LogP contribution in [0.2, 0.25) is 5.15 Å². The number of rotatable bonds is 7. The molecule has 3 aromatic rings. The zero-order chi connectivity index (χ0) is 20.4. The first kappa shape index (κ1) is 20.6. The largest absolute Gasteiger partial charge is 0.480 e. The van der Waals surface area contributed by atoms with Crippen molar-refractivity contribution in [1.29, 1.82) is 0 Å². The number of halogens is 1. The summed E-state index contributed by atoms with van der Waals surface area (Å²) in [5.41, 5.74) is 5.01. The fourth-order valence-electron chi connectivity index (χ4n) is 3.29. The topological polar surface area (TPSA) is 62.1 Å². The van der Waals surface area contributed by atoms with Crippen molar-refractivity contribution in [1.82, 2.24) is 19.5 Å². The summed E-state index contributed by atoms with van der Waals surface area (Å²) in [5.74, 6) is 0.807. The number of aryl methyl sites for hydroxylation is 1.